The third kappa shape index (κ3) is 2.47. The Morgan fingerprint density at radius 3 is 2.94 bits per heavy atom. The van der Waals surface area contributed by atoms with E-state index in [1.165, 1.54) is 48.9 Å². The van der Waals surface area contributed by atoms with E-state index in [1.54, 1.807) is 0 Å². The van der Waals surface area contributed by atoms with Gasteiger partial charge in [0, 0.05) is 24.3 Å². The Bertz CT molecular complexity index is 396. The number of fused-ring (bicyclic) bond motifs is 1. The number of nitrogens with one attached hydrogen (secondary N) is 2. The SMILES string of the molecule is Cc1ccc2c(c1)CCC(CNC1CCC1)N2. The van der Waals surface area contributed by atoms with Crippen LogP contribution in [0.15, 0.2) is 18.2 Å². The van der Waals surface area contributed by atoms with Crippen molar-refractivity contribution >= 4 is 5.69 Å². The van der Waals surface area contributed by atoms with Crippen molar-refractivity contribution in [3.63, 3.8) is 0 Å². The van der Waals surface area contributed by atoms with E-state index in [-0.39, 0.29) is 0 Å². The maximum absolute atomic E-state index is 3.67. The smallest absolute Gasteiger partial charge is 0.0389 e. The molecule has 0 bridgehead atoms. The summed E-state index contributed by atoms with van der Waals surface area (Å²) in [7, 11) is 0. The number of anilines is 1. The van der Waals surface area contributed by atoms with Crippen LogP contribution in [0, 0.1) is 6.92 Å². The fourth-order valence-corrected chi connectivity index (χ4v) is 2.77. The summed E-state index contributed by atoms with van der Waals surface area (Å²) >= 11 is 0. The maximum atomic E-state index is 3.67. The van der Waals surface area contributed by atoms with Crippen LogP contribution in [0.3, 0.4) is 0 Å². The first-order valence-corrected chi connectivity index (χ1v) is 6.91. The Hall–Kier alpha value is -1.02. The molecule has 1 fully saturated rings. The van der Waals surface area contributed by atoms with Gasteiger partial charge in [-0.25, -0.2) is 0 Å². The van der Waals surface area contributed by atoms with Gasteiger partial charge in [0.25, 0.3) is 0 Å². The fraction of sp³-hybridized carbons (Fsp3) is 0.600. The third-order valence-corrected chi connectivity index (χ3v) is 4.14. The molecule has 0 spiro atoms. The van der Waals surface area contributed by atoms with E-state index in [0.717, 1.165) is 12.6 Å². The molecule has 1 aromatic rings. The van der Waals surface area contributed by atoms with Crippen LogP contribution >= 0.6 is 0 Å². The van der Waals surface area contributed by atoms with Crippen LogP contribution in [0.5, 0.6) is 0 Å². The molecule has 2 aliphatic rings. The molecular formula is C15H22N2. The summed E-state index contributed by atoms with van der Waals surface area (Å²) in [5, 5.41) is 7.33. The molecule has 2 N–H and O–H groups in total. The first-order valence-electron chi connectivity index (χ1n) is 6.91. The second-order valence-corrected chi connectivity index (χ2v) is 5.58. The molecule has 2 nitrogen and oxygen atoms in total. The summed E-state index contributed by atoms with van der Waals surface area (Å²) in [5.74, 6) is 0. The molecule has 1 heterocycles. The third-order valence-electron chi connectivity index (χ3n) is 4.14. The van der Waals surface area contributed by atoms with Crippen LogP contribution in [0.4, 0.5) is 5.69 Å². The van der Waals surface area contributed by atoms with Gasteiger partial charge in [0.15, 0.2) is 0 Å². The van der Waals surface area contributed by atoms with Crippen molar-refractivity contribution in [2.45, 2.75) is 51.1 Å². The number of benzene rings is 1. The number of hydrogen-bond acceptors (Lipinski definition) is 2. The molecule has 1 unspecified atom stereocenters. The van der Waals surface area contributed by atoms with Crippen LogP contribution in [-0.2, 0) is 6.42 Å². The lowest BCUT2D eigenvalue weighted by Gasteiger charge is -2.32. The first kappa shape index (κ1) is 11.1. The molecule has 0 saturated heterocycles. The molecule has 0 radical (unpaired) electrons. The van der Waals surface area contributed by atoms with Gasteiger partial charge in [-0.05, 0) is 44.2 Å². The molecule has 1 aliphatic heterocycles. The van der Waals surface area contributed by atoms with Gasteiger partial charge in [-0.1, -0.05) is 24.1 Å². The summed E-state index contributed by atoms with van der Waals surface area (Å²) in [6, 6.07) is 8.17. The van der Waals surface area contributed by atoms with Crippen molar-refractivity contribution in [3.8, 4) is 0 Å². The minimum absolute atomic E-state index is 0.616. The molecule has 17 heavy (non-hydrogen) atoms. The van der Waals surface area contributed by atoms with Gasteiger partial charge < -0.3 is 10.6 Å². The highest BCUT2D eigenvalue weighted by atomic mass is 15.0. The van der Waals surface area contributed by atoms with Crippen LogP contribution < -0.4 is 10.6 Å². The van der Waals surface area contributed by atoms with Gasteiger partial charge in [0.05, 0.1) is 0 Å². The predicted molar refractivity (Wildman–Crippen MR) is 72.6 cm³/mol. The predicted octanol–water partition coefficient (Wildman–Crippen LogP) is 2.86. The van der Waals surface area contributed by atoms with E-state index < -0.39 is 0 Å². The summed E-state index contributed by atoms with van der Waals surface area (Å²) in [6.45, 7) is 3.29. The van der Waals surface area contributed by atoms with Crippen molar-refractivity contribution in [2.24, 2.45) is 0 Å². The maximum Gasteiger partial charge on any atom is 0.0389 e. The molecule has 1 saturated carbocycles. The van der Waals surface area contributed by atoms with Gasteiger partial charge in [-0.3, -0.25) is 0 Å². The standard InChI is InChI=1S/C15H22N2/c1-11-5-8-15-12(9-11)6-7-14(17-15)10-16-13-3-2-4-13/h5,8-9,13-14,16-17H,2-4,6-7,10H2,1H3. The summed E-state index contributed by atoms with van der Waals surface area (Å²) in [6.07, 6.45) is 6.65. The Labute approximate surface area is 104 Å². The second kappa shape index (κ2) is 4.69. The highest BCUT2D eigenvalue weighted by Crippen LogP contribution is 2.26. The topological polar surface area (TPSA) is 24.1 Å². The lowest BCUT2D eigenvalue weighted by molar-refractivity contribution is 0.332. The molecule has 0 amide bonds. The molecule has 1 aliphatic carbocycles. The normalized spacial score (nSPS) is 23.7. The van der Waals surface area contributed by atoms with Crippen molar-refractivity contribution in [1.82, 2.24) is 5.32 Å². The molecule has 0 aromatic heterocycles. The molecular weight excluding hydrogens is 208 g/mol. The minimum Gasteiger partial charge on any atom is -0.381 e. The zero-order valence-corrected chi connectivity index (χ0v) is 10.6. The highest BCUT2D eigenvalue weighted by molar-refractivity contribution is 5.55. The van der Waals surface area contributed by atoms with Crippen molar-refractivity contribution in [2.75, 3.05) is 11.9 Å². The van der Waals surface area contributed by atoms with Crippen molar-refractivity contribution in [1.29, 1.82) is 0 Å². The first-order chi connectivity index (χ1) is 8.31. The quantitative estimate of drug-likeness (QED) is 0.834. The van der Waals surface area contributed by atoms with Crippen LogP contribution in [0.2, 0.25) is 0 Å². The molecule has 2 heteroatoms. The zero-order chi connectivity index (χ0) is 11.7. The Balaban J connectivity index is 1.58. The second-order valence-electron chi connectivity index (χ2n) is 5.58. The largest absolute Gasteiger partial charge is 0.381 e. The van der Waals surface area contributed by atoms with Crippen molar-refractivity contribution < 1.29 is 0 Å². The van der Waals surface area contributed by atoms with Crippen molar-refractivity contribution in [3.05, 3.63) is 29.3 Å². The van der Waals surface area contributed by atoms with Gasteiger partial charge in [0.2, 0.25) is 0 Å². The van der Waals surface area contributed by atoms with Gasteiger partial charge in [-0.15, -0.1) is 0 Å². The van der Waals surface area contributed by atoms with E-state index in [0.29, 0.717) is 6.04 Å². The van der Waals surface area contributed by atoms with Crippen LogP contribution in [0.1, 0.15) is 36.8 Å². The number of hydrogen-bond donors (Lipinski definition) is 2. The van der Waals surface area contributed by atoms with E-state index in [9.17, 15) is 0 Å². The Kier molecular flexibility index (Phi) is 3.06. The molecule has 3 rings (SSSR count). The molecule has 1 atom stereocenters. The molecule has 1 aromatic carbocycles. The van der Waals surface area contributed by atoms with E-state index in [4.69, 9.17) is 0 Å². The monoisotopic (exact) mass is 230 g/mol. The minimum atomic E-state index is 0.616. The van der Waals surface area contributed by atoms with E-state index in [1.807, 2.05) is 0 Å². The van der Waals surface area contributed by atoms with Crippen LogP contribution in [0.25, 0.3) is 0 Å². The lowest BCUT2D eigenvalue weighted by atomic mass is 9.92. The average molecular weight is 230 g/mol. The van der Waals surface area contributed by atoms with E-state index in [2.05, 4.69) is 35.8 Å². The lowest BCUT2D eigenvalue weighted by Crippen LogP contribution is -2.43. The Morgan fingerprint density at radius 1 is 1.29 bits per heavy atom. The van der Waals surface area contributed by atoms with Crippen LogP contribution in [-0.4, -0.2) is 18.6 Å². The summed E-state index contributed by atoms with van der Waals surface area (Å²) in [4.78, 5) is 0. The number of rotatable bonds is 3. The van der Waals surface area contributed by atoms with Gasteiger partial charge >= 0.3 is 0 Å². The van der Waals surface area contributed by atoms with Gasteiger partial charge in [-0.2, -0.15) is 0 Å². The average Bonchev–Trinajstić information content (AvgIpc) is 2.27. The highest BCUT2D eigenvalue weighted by Gasteiger charge is 2.21. The molecule has 92 valence electrons. The summed E-state index contributed by atoms with van der Waals surface area (Å²) < 4.78 is 0. The fourth-order valence-electron chi connectivity index (χ4n) is 2.77. The van der Waals surface area contributed by atoms with Gasteiger partial charge in [0.1, 0.15) is 0 Å². The van der Waals surface area contributed by atoms with E-state index >= 15 is 0 Å². The summed E-state index contributed by atoms with van der Waals surface area (Å²) in [5.41, 5.74) is 4.21. The number of aryl methyl sites for hydroxylation is 2. The zero-order valence-electron chi connectivity index (χ0n) is 10.6. The Morgan fingerprint density at radius 2 is 2.18 bits per heavy atom.